The number of hydrogen-bond donors (Lipinski definition) is 0. The largest absolute Gasteiger partial charge is 0.467 e. The quantitative estimate of drug-likeness (QED) is 0.797. The monoisotopic (exact) mass is 292 g/mol. The van der Waals surface area contributed by atoms with Gasteiger partial charge in [0.25, 0.3) is 5.56 Å². The van der Waals surface area contributed by atoms with Crippen molar-refractivity contribution in [2.24, 2.45) is 5.92 Å². The second kappa shape index (κ2) is 6.06. The van der Waals surface area contributed by atoms with Gasteiger partial charge in [-0.3, -0.25) is 9.36 Å². The average Bonchev–Trinajstić information content (AvgIpc) is 2.34. The van der Waals surface area contributed by atoms with Gasteiger partial charge in [0.15, 0.2) is 5.69 Å². The Hall–Kier alpha value is -1.86. The predicted octanol–water partition coefficient (Wildman–Crippen LogP) is 2.02. The van der Waals surface area contributed by atoms with E-state index >= 15 is 0 Å². The number of rotatable bonds is 4. The number of hydrogen-bond acceptors (Lipinski definition) is 4. The van der Waals surface area contributed by atoms with Crippen molar-refractivity contribution in [3.8, 4) is 0 Å². The molecule has 20 heavy (non-hydrogen) atoms. The minimum Gasteiger partial charge on any atom is -0.467 e. The minimum atomic E-state index is -4.69. The first-order chi connectivity index (χ1) is 9.16. The van der Waals surface area contributed by atoms with E-state index < -0.39 is 29.4 Å². The Morgan fingerprint density at radius 3 is 2.50 bits per heavy atom. The van der Waals surface area contributed by atoms with E-state index in [-0.39, 0.29) is 12.3 Å². The molecule has 8 heteroatoms. The van der Waals surface area contributed by atoms with Crippen LogP contribution in [0.5, 0.6) is 0 Å². The molecule has 0 radical (unpaired) electrons. The highest BCUT2D eigenvalue weighted by atomic mass is 19.4. The smallest absolute Gasteiger partial charge is 0.434 e. The van der Waals surface area contributed by atoms with Crippen molar-refractivity contribution in [3.05, 3.63) is 28.4 Å². The normalized spacial score (nSPS) is 13.3. The van der Waals surface area contributed by atoms with Gasteiger partial charge in [-0.2, -0.15) is 13.2 Å². The molecule has 1 rings (SSSR count). The third-order valence-electron chi connectivity index (χ3n) is 2.62. The van der Waals surface area contributed by atoms with Crippen LogP contribution in [0.3, 0.4) is 0 Å². The fourth-order valence-corrected chi connectivity index (χ4v) is 1.72. The van der Waals surface area contributed by atoms with E-state index in [1.807, 2.05) is 0 Å². The van der Waals surface area contributed by atoms with Crippen LogP contribution in [0.2, 0.25) is 0 Å². The fourth-order valence-electron chi connectivity index (χ4n) is 1.72. The summed E-state index contributed by atoms with van der Waals surface area (Å²) < 4.78 is 43.1. The Balaban J connectivity index is 3.32. The first-order valence-corrected chi connectivity index (χ1v) is 5.90. The standard InChI is InChI=1S/C12H15F3N2O3/c1-7(2)4-8(11(19)20-3)17-6-9(12(13,14)15)16-5-10(17)18/h5-8H,4H2,1-3H3. The van der Waals surface area contributed by atoms with Gasteiger partial charge < -0.3 is 4.74 Å². The maximum absolute atomic E-state index is 12.6. The number of aromatic nitrogens is 2. The van der Waals surface area contributed by atoms with E-state index in [0.29, 0.717) is 12.4 Å². The van der Waals surface area contributed by atoms with E-state index in [4.69, 9.17) is 0 Å². The first-order valence-electron chi connectivity index (χ1n) is 5.90. The third kappa shape index (κ3) is 3.82. The van der Waals surface area contributed by atoms with Crippen LogP contribution in [-0.4, -0.2) is 22.6 Å². The summed E-state index contributed by atoms with van der Waals surface area (Å²) in [7, 11) is 1.12. The lowest BCUT2D eigenvalue weighted by atomic mass is 10.0. The van der Waals surface area contributed by atoms with Crippen molar-refractivity contribution in [1.82, 2.24) is 9.55 Å². The van der Waals surface area contributed by atoms with Crippen LogP contribution < -0.4 is 5.56 Å². The van der Waals surface area contributed by atoms with Crippen molar-refractivity contribution in [2.75, 3.05) is 7.11 Å². The first kappa shape index (κ1) is 16.2. The van der Waals surface area contributed by atoms with Crippen LogP contribution in [0.1, 0.15) is 32.0 Å². The van der Waals surface area contributed by atoms with E-state index in [1.54, 1.807) is 13.8 Å². The second-order valence-electron chi connectivity index (χ2n) is 4.68. The highest BCUT2D eigenvalue weighted by Gasteiger charge is 2.34. The number of nitrogens with zero attached hydrogens (tertiary/aromatic N) is 2. The zero-order valence-electron chi connectivity index (χ0n) is 11.3. The van der Waals surface area contributed by atoms with E-state index in [9.17, 15) is 22.8 Å². The summed E-state index contributed by atoms with van der Waals surface area (Å²) in [5.41, 5.74) is -2.01. The van der Waals surface area contributed by atoms with Gasteiger partial charge in [-0.05, 0) is 12.3 Å². The van der Waals surface area contributed by atoms with E-state index in [2.05, 4.69) is 9.72 Å². The topological polar surface area (TPSA) is 61.2 Å². The Kier molecular flexibility index (Phi) is 4.91. The molecule has 1 aromatic heterocycles. The molecular formula is C12H15F3N2O3. The summed E-state index contributed by atoms with van der Waals surface area (Å²) >= 11 is 0. The van der Waals surface area contributed by atoms with Gasteiger partial charge in [-0.1, -0.05) is 13.8 Å². The molecule has 0 saturated heterocycles. The molecule has 5 nitrogen and oxygen atoms in total. The lowest BCUT2D eigenvalue weighted by Crippen LogP contribution is -2.32. The van der Waals surface area contributed by atoms with Crippen molar-refractivity contribution in [2.45, 2.75) is 32.5 Å². The molecule has 1 atom stereocenters. The Morgan fingerprint density at radius 1 is 1.45 bits per heavy atom. The number of carbonyl (C=O) groups is 1. The van der Waals surface area contributed by atoms with Crippen LogP contribution >= 0.6 is 0 Å². The van der Waals surface area contributed by atoms with Crippen LogP contribution in [0, 0.1) is 5.92 Å². The van der Waals surface area contributed by atoms with Gasteiger partial charge >= 0.3 is 12.1 Å². The molecule has 0 spiro atoms. The molecule has 0 N–H and O–H groups in total. The van der Waals surface area contributed by atoms with Crippen LogP contribution in [-0.2, 0) is 15.7 Å². The SMILES string of the molecule is COC(=O)C(CC(C)C)n1cc(C(F)(F)F)ncc1=O. The zero-order chi connectivity index (χ0) is 15.5. The number of esters is 1. The number of ether oxygens (including phenoxy) is 1. The molecular weight excluding hydrogens is 277 g/mol. The highest BCUT2D eigenvalue weighted by Crippen LogP contribution is 2.27. The summed E-state index contributed by atoms with van der Waals surface area (Å²) in [5.74, 6) is -0.770. The van der Waals surface area contributed by atoms with Gasteiger partial charge in [0, 0.05) is 6.20 Å². The molecule has 0 aliphatic carbocycles. The summed E-state index contributed by atoms with van der Waals surface area (Å²) in [6, 6.07) is -1.10. The summed E-state index contributed by atoms with van der Waals surface area (Å²) in [5, 5.41) is 0. The molecule has 0 fully saturated rings. The van der Waals surface area contributed by atoms with Crippen molar-refractivity contribution >= 4 is 5.97 Å². The molecule has 0 saturated carbocycles. The molecule has 0 aliphatic rings. The molecule has 0 amide bonds. The van der Waals surface area contributed by atoms with Gasteiger partial charge in [0.05, 0.1) is 13.3 Å². The average molecular weight is 292 g/mol. The molecule has 0 aliphatic heterocycles. The molecule has 1 aromatic rings. The van der Waals surface area contributed by atoms with Gasteiger partial charge in [0.2, 0.25) is 0 Å². The molecule has 0 aromatic carbocycles. The van der Waals surface area contributed by atoms with Crippen molar-refractivity contribution < 1.29 is 22.7 Å². The lowest BCUT2D eigenvalue weighted by Gasteiger charge is -2.20. The third-order valence-corrected chi connectivity index (χ3v) is 2.62. The number of alkyl halides is 3. The van der Waals surface area contributed by atoms with Crippen LogP contribution in [0.15, 0.2) is 17.2 Å². The minimum absolute atomic E-state index is 0.00602. The van der Waals surface area contributed by atoms with Crippen LogP contribution in [0.4, 0.5) is 13.2 Å². The molecule has 1 unspecified atom stereocenters. The Labute approximate surface area is 113 Å². The Morgan fingerprint density at radius 2 is 2.05 bits per heavy atom. The number of methoxy groups -OCH3 is 1. The molecule has 112 valence electrons. The highest BCUT2D eigenvalue weighted by molar-refractivity contribution is 5.74. The maximum Gasteiger partial charge on any atom is 0.434 e. The van der Waals surface area contributed by atoms with Gasteiger partial charge in [-0.25, -0.2) is 9.78 Å². The van der Waals surface area contributed by atoms with E-state index in [0.717, 1.165) is 11.7 Å². The lowest BCUT2D eigenvalue weighted by molar-refractivity contribution is -0.147. The van der Waals surface area contributed by atoms with Crippen molar-refractivity contribution in [1.29, 1.82) is 0 Å². The maximum atomic E-state index is 12.6. The van der Waals surface area contributed by atoms with E-state index in [1.165, 1.54) is 0 Å². The zero-order valence-corrected chi connectivity index (χ0v) is 11.3. The summed E-state index contributed by atoms with van der Waals surface area (Å²) in [4.78, 5) is 26.4. The fraction of sp³-hybridized carbons (Fsp3) is 0.583. The van der Waals surface area contributed by atoms with Crippen molar-refractivity contribution in [3.63, 3.8) is 0 Å². The second-order valence-corrected chi connectivity index (χ2v) is 4.68. The predicted molar refractivity (Wildman–Crippen MR) is 64.0 cm³/mol. The summed E-state index contributed by atoms with van der Waals surface area (Å²) in [6.45, 7) is 3.57. The Bertz CT molecular complexity index is 537. The molecule has 1 heterocycles. The van der Waals surface area contributed by atoms with Gasteiger partial charge in [0.1, 0.15) is 6.04 Å². The number of carbonyl (C=O) groups excluding carboxylic acids is 1. The van der Waals surface area contributed by atoms with Crippen LogP contribution in [0.25, 0.3) is 0 Å². The summed E-state index contributed by atoms with van der Waals surface area (Å²) in [6.07, 6.45) is -3.40. The number of halogens is 3. The van der Waals surface area contributed by atoms with Gasteiger partial charge in [-0.15, -0.1) is 0 Å². The molecule has 0 bridgehead atoms.